The van der Waals surface area contributed by atoms with Crippen LogP contribution in [0.5, 0.6) is 0 Å². The highest BCUT2D eigenvalue weighted by atomic mass is 35.5. The van der Waals surface area contributed by atoms with Crippen molar-refractivity contribution in [3.8, 4) is 0 Å². The van der Waals surface area contributed by atoms with Crippen LogP contribution in [0, 0.1) is 0 Å². The molecule has 0 aliphatic rings. The summed E-state index contributed by atoms with van der Waals surface area (Å²) >= 11 is 5.95. The van der Waals surface area contributed by atoms with E-state index in [-0.39, 0.29) is 10.9 Å². The summed E-state index contributed by atoms with van der Waals surface area (Å²) in [5.41, 5.74) is 0.970. The van der Waals surface area contributed by atoms with Crippen molar-refractivity contribution in [1.29, 1.82) is 0 Å². The van der Waals surface area contributed by atoms with E-state index in [0.29, 0.717) is 17.4 Å². The van der Waals surface area contributed by atoms with Crippen LogP contribution in [0.15, 0.2) is 35.5 Å². The van der Waals surface area contributed by atoms with E-state index >= 15 is 0 Å². The van der Waals surface area contributed by atoms with E-state index in [0.717, 1.165) is 5.56 Å². The number of rotatable bonds is 4. The minimum Gasteiger partial charge on any atom is -0.329 e. The summed E-state index contributed by atoms with van der Waals surface area (Å²) in [4.78, 5) is 4.12. The van der Waals surface area contributed by atoms with Gasteiger partial charge in [-0.1, -0.05) is 37.6 Å². The summed E-state index contributed by atoms with van der Waals surface area (Å²) in [7, 11) is -3.80. The molecule has 0 fully saturated rings. The fourth-order valence-corrected chi connectivity index (χ4v) is 2.67. The van der Waals surface area contributed by atoms with E-state index in [4.69, 9.17) is 16.7 Å². The smallest absolute Gasteiger partial charge is 0.257 e. The first-order valence-corrected chi connectivity index (χ1v) is 8.04. The average Bonchev–Trinajstić information content (AvgIpc) is 2.72. The molecular weight excluding hydrogens is 298 g/mol. The summed E-state index contributed by atoms with van der Waals surface area (Å²) in [6.45, 7) is 4.39. The third-order valence-corrected chi connectivity index (χ3v) is 3.85. The second-order valence-corrected chi connectivity index (χ2v) is 6.84. The highest BCUT2D eigenvalue weighted by Gasteiger charge is 2.18. The van der Waals surface area contributed by atoms with Gasteiger partial charge in [0.15, 0.2) is 5.03 Å². The van der Waals surface area contributed by atoms with Gasteiger partial charge in [0.2, 0.25) is 0 Å². The molecule has 7 heteroatoms. The first-order valence-electron chi connectivity index (χ1n) is 6.11. The van der Waals surface area contributed by atoms with Crippen LogP contribution in [0.1, 0.15) is 31.2 Å². The van der Waals surface area contributed by atoms with E-state index in [9.17, 15) is 8.42 Å². The third kappa shape index (κ3) is 3.39. The maximum absolute atomic E-state index is 11.4. The lowest BCUT2D eigenvalue weighted by molar-refractivity contribution is 0.594. The molecule has 0 aliphatic carbocycles. The zero-order valence-electron chi connectivity index (χ0n) is 11.2. The van der Waals surface area contributed by atoms with E-state index in [1.54, 1.807) is 10.6 Å². The van der Waals surface area contributed by atoms with Crippen LogP contribution < -0.4 is 5.14 Å². The van der Waals surface area contributed by atoms with Crippen molar-refractivity contribution in [2.24, 2.45) is 5.14 Å². The van der Waals surface area contributed by atoms with E-state index in [1.807, 2.05) is 32.0 Å². The van der Waals surface area contributed by atoms with Gasteiger partial charge < -0.3 is 4.57 Å². The molecule has 108 valence electrons. The standard InChI is InChI=1S/C13H16ClN3O2S/c1-9(2)13-16-12(20(15,18)19)8-17(13)7-10-4-3-5-11(14)6-10/h3-6,8-9H,7H2,1-2H3,(H2,15,18,19). The Kier molecular flexibility index (Phi) is 4.17. The molecule has 1 aromatic heterocycles. The third-order valence-electron chi connectivity index (χ3n) is 2.84. The number of hydrogen-bond donors (Lipinski definition) is 1. The number of halogens is 1. The number of benzene rings is 1. The first-order chi connectivity index (χ1) is 9.27. The Hall–Kier alpha value is -1.37. The van der Waals surface area contributed by atoms with Crippen molar-refractivity contribution in [3.63, 3.8) is 0 Å². The molecule has 0 unspecified atom stereocenters. The Bertz CT molecular complexity index is 723. The predicted octanol–water partition coefficient (Wildman–Crippen LogP) is 2.36. The van der Waals surface area contributed by atoms with Crippen molar-refractivity contribution in [2.75, 3.05) is 0 Å². The molecule has 0 bridgehead atoms. The van der Waals surface area contributed by atoms with Crippen molar-refractivity contribution < 1.29 is 8.42 Å². The van der Waals surface area contributed by atoms with Gasteiger partial charge in [-0.25, -0.2) is 18.5 Å². The number of primary sulfonamides is 1. The SMILES string of the molecule is CC(C)c1nc(S(N)(=O)=O)cn1Cc1cccc(Cl)c1. The molecule has 0 saturated heterocycles. The highest BCUT2D eigenvalue weighted by molar-refractivity contribution is 7.89. The van der Waals surface area contributed by atoms with Gasteiger partial charge in [0.1, 0.15) is 5.82 Å². The molecule has 0 radical (unpaired) electrons. The van der Waals surface area contributed by atoms with Crippen LogP contribution >= 0.6 is 11.6 Å². The summed E-state index contributed by atoms with van der Waals surface area (Å²) in [6.07, 6.45) is 1.46. The van der Waals surface area contributed by atoms with E-state index < -0.39 is 10.0 Å². The van der Waals surface area contributed by atoms with Crippen molar-refractivity contribution in [2.45, 2.75) is 31.3 Å². The van der Waals surface area contributed by atoms with Gasteiger partial charge in [0.25, 0.3) is 10.0 Å². The lowest BCUT2D eigenvalue weighted by Gasteiger charge is -2.10. The lowest BCUT2D eigenvalue weighted by Crippen LogP contribution is -2.12. The van der Waals surface area contributed by atoms with Gasteiger partial charge in [0, 0.05) is 23.7 Å². The van der Waals surface area contributed by atoms with Crippen LogP contribution in [0.2, 0.25) is 5.02 Å². The molecule has 1 heterocycles. The first kappa shape index (κ1) is 15.0. The monoisotopic (exact) mass is 313 g/mol. The lowest BCUT2D eigenvalue weighted by atomic mass is 10.2. The van der Waals surface area contributed by atoms with Crippen LogP contribution in [0.4, 0.5) is 0 Å². The van der Waals surface area contributed by atoms with E-state index in [1.165, 1.54) is 6.20 Å². The normalized spacial score (nSPS) is 12.1. The van der Waals surface area contributed by atoms with Crippen LogP contribution in [0.25, 0.3) is 0 Å². The van der Waals surface area contributed by atoms with Gasteiger partial charge in [-0.3, -0.25) is 0 Å². The minimum atomic E-state index is -3.80. The highest BCUT2D eigenvalue weighted by Crippen LogP contribution is 2.19. The second kappa shape index (κ2) is 5.55. The molecular formula is C13H16ClN3O2S. The molecule has 0 spiro atoms. The zero-order chi connectivity index (χ0) is 14.9. The quantitative estimate of drug-likeness (QED) is 0.941. The summed E-state index contributed by atoms with van der Waals surface area (Å²) in [5.74, 6) is 0.763. The molecule has 2 aromatic rings. The van der Waals surface area contributed by atoms with Crippen LogP contribution in [0.3, 0.4) is 0 Å². The fourth-order valence-electron chi connectivity index (χ4n) is 1.96. The molecule has 0 amide bonds. The predicted molar refractivity (Wildman–Crippen MR) is 78.2 cm³/mol. The summed E-state index contributed by atoms with van der Waals surface area (Å²) in [6, 6.07) is 7.40. The number of nitrogens with two attached hydrogens (primary N) is 1. The Morgan fingerprint density at radius 1 is 1.40 bits per heavy atom. The average molecular weight is 314 g/mol. The Morgan fingerprint density at radius 3 is 2.65 bits per heavy atom. The van der Waals surface area contributed by atoms with Crippen molar-refractivity contribution in [3.05, 3.63) is 46.9 Å². The van der Waals surface area contributed by atoms with Gasteiger partial charge in [-0.2, -0.15) is 0 Å². The number of nitrogens with zero attached hydrogens (tertiary/aromatic N) is 2. The molecule has 2 N–H and O–H groups in total. The molecule has 2 rings (SSSR count). The van der Waals surface area contributed by atoms with Crippen LogP contribution in [-0.2, 0) is 16.6 Å². The van der Waals surface area contributed by atoms with Gasteiger partial charge >= 0.3 is 0 Å². The Balaban J connectivity index is 2.43. The molecule has 5 nitrogen and oxygen atoms in total. The van der Waals surface area contributed by atoms with Gasteiger partial charge in [-0.15, -0.1) is 0 Å². The van der Waals surface area contributed by atoms with Crippen molar-refractivity contribution >= 4 is 21.6 Å². The molecule has 0 saturated carbocycles. The number of aromatic nitrogens is 2. The maximum atomic E-state index is 11.4. The van der Waals surface area contributed by atoms with Crippen molar-refractivity contribution in [1.82, 2.24) is 9.55 Å². The van der Waals surface area contributed by atoms with E-state index in [2.05, 4.69) is 4.98 Å². The van der Waals surface area contributed by atoms with Crippen LogP contribution in [-0.4, -0.2) is 18.0 Å². The molecule has 20 heavy (non-hydrogen) atoms. The zero-order valence-corrected chi connectivity index (χ0v) is 12.8. The summed E-state index contributed by atoms with van der Waals surface area (Å²) < 4.78 is 24.6. The molecule has 0 atom stereocenters. The number of sulfonamides is 1. The topological polar surface area (TPSA) is 78.0 Å². The largest absolute Gasteiger partial charge is 0.329 e. The molecule has 1 aromatic carbocycles. The molecule has 0 aliphatic heterocycles. The maximum Gasteiger partial charge on any atom is 0.257 e. The number of hydrogen-bond acceptors (Lipinski definition) is 3. The second-order valence-electron chi connectivity index (χ2n) is 4.89. The van der Waals surface area contributed by atoms with Gasteiger partial charge in [-0.05, 0) is 17.7 Å². The minimum absolute atomic E-state index is 0.0877. The Morgan fingerprint density at radius 2 is 2.10 bits per heavy atom. The number of imidazole rings is 1. The summed E-state index contributed by atoms with van der Waals surface area (Å²) in [5, 5.41) is 5.66. The Labute approximate surface area is 123 Å². The van der Waals surface area contributed by atoms with Gasteiger partial charge in [0.05, 0.1) is 0 Å². The fraction of sp³-hybridized carbons (Fsp3) is 0.308.